The minimum Gasteiger partial charge on any atom is -0.481 e. The molecule has 8 heteroatoms. The molecule has 1 aromatic carbocycles. The molecule has 0 unspecified atom stereocenters. The number of carbonyl (C=O) groups excluding carboxylic acids is 1. The first-order chi connectivity index (χ1) is 16.2. The van der Waals surface area contributed by atoms with Gasteiger partial charge in [0.2, 0.25) is 5.88 Å². The van der Waals surface area contributed by atoms with Gasteiger partial charge in [0.1, 0.15) is 0 Å². The Bertz CT molecular complexity index is 1260. The summed E-state index contributed by atoms with van der Waals surface area (Å²) in [4.78, 5) is 24.0. The van der Waals surface area contributed by atoms with Gasteiger partial charge >= 0.3 is 0 Å². The summed E-state index contributed by atoms with van der Waals surface area (Å²) in [6, 6.07) is 11.6. The lowest BCUT2D eigenvalue weighted by molar-refractivity contribution is 0.102. The van der Waals surface area contributed by atoms with Crippen LogP contribution in [0.25, 0.3) is 22.0 Å². The van der Waals surface area contributed by atoms with Gasteiger partial charge in [0.25, 0.3) is 5.91 Å². The zero-order chi connectivity index (χ0) is 22.6. The van der Waals surface area contributed by atoms with E-state index in [0.29, 0.717) is 17.3 Å². The van der Waals surface area contributed by atoms with Crippen LogP contribution in [0.4, 0.5) is 5.69 Å². The molecule has 1 aliphatic heterocycles. The summed E-state index contributed by atoms with van der Waals surface area (Å²) in [7, 11) is 1.55. The Morgan fingerprint density at radius 3 is 2.73 bits per heavy atom. The topological polar surface area (TPSA) is 96.0 Å². The number of methoxy groups -OCH3 is 1. The first-order valence-corrected chi connectivity index (χ1v) is 11.2. The molecule has 5 rings (SSSR count). The van der Waals surface area contributed by atoms with E-state index in [1.165, 1.54) is 24.8 Å². The van der Waals surface area contributed by atoms with Gasteiger partial charge in [-0.2, -0.15) is 5.10 Å². The maximum absolute atomic E-state index is 12.9. The Hall–Kier alpha value is -3.78. The largest absolute Gasteiger partial charge is 0.481 e. The number of H-pyrrole nitrogens is 1. The Kier molecular flexibility index (Phi) is 5.99. The standard InChI is InChI=1S/C25H26N6O2/c1-33-23-8-6-20(15-27-23)28-25(32)24-21-12-18(5-7-22(21)29-30-24)19-11-17(13-26-14-19)16-31-9-3-2-4-10-31/h5-8,11-15H,2-4,9-10,16H2,1H3,(H,28,32)(H,29,30). The van der Waals surface area contributed by atoms with Crippen LogP contribution in [0.3, 0.4) is 0 Å². The van der Waals surface area contributed by atoms with Crippen molar-refractivity contribution in [2.75, 3.05) is 25.5 Å². The van der Waals surface area contributed by atoms with Gasteiger partial charge in [-0.1, -0.05) is 12.5 Å². The second-order valence-corrected chi connectivity index (χ2v) is 8.29. The van der Waals surface area contributed by atoms with E-state index in [4.69, 9.17) is 4.74 Å². The Labute approximate surface area is 192 Å². The number of fused-ring (bicyclic) bond motifs is 1. The number of nitrogens with zero attached hydrogens (tertiary/aromatic N) is 4. The van der Waals surface area contributed by atoms with Crippen molar-refractivity contribution >= 4 is 22.5 Å². The number of hydrogen-bond acceptors (Lipinski definition) is 6. The molecule has 33 heavy (non-hydrogen) atoms. The average Bonchev–Trinajstić information content (AvgIpc) is 3.29. The van der Waals surface area contributed by atoms with Gasteiger partial charge in [0, 0.05) is 36.0 Å². The number of amides is 1. The second-order valence-electron chi connectivity index (χ2n) is 8.29. The molecule has 2 N–H and O–H groups in total. The van der Waals surface area contributed by atoms with E-state index in [-0.39, 0.29) is 5.91 Å². The van der Waals surface area contributed by atoms with Gasteiger partial charge in [0.05, 0.1) is 24.5 Å². The Morgan fingerprint density at radius 1 is 1.06 bits per heavy atom. The molecule has 8 nitrogen and oxygen atoms in total. The molecule has 1 amide bonds. The molecule has 0 saturated carbocycles. The number of carbonyl (C=O) groups is 1. The fourth-order valence-corrected chi connectivity index (χ4v) is 4.24. The number of pyridine rings is 2. The van der Waals surface area contributed by atoms with Crippen LogP contribution in [0, 0.1) is 0 Å². The van der Waals surface area contributed by atoms with Gasteiger partial charge in [-0.3, -0.25) is 19.8 Å². The Morgan fingerprint density at radius 2 is 1.94 bits per heavy atom. The number of aromatic nitrogens is 4. The first kappa shape index (κ1) is 21.1. The van der Waals surface area contributed by atoms with Crippen LogP contribution in [0.2, 0.25) is 0 Å². The second kappa shape index (κ2) is 9.38. The van der Waals surface area contributed by atoms with Crippen molar-refractivity contribution in [3.8, 4) is 17.0 Å². The molecule has 4 heterocycles. The van der Waals surface area contributed by atoms with Crippen LogP contribution in [0.5, 0.6) is 5.88 Å². The molecule has 0 aliphatic carbocycles. The van der Waals surface area contributed by atoms with Crippen LogP contribution in [-0.2, 0) is 6.54 Å². The van der Waals surface area contributed by atoms with Crippen molar-refractivity contribution in [2.24, 2.45) is 0 Å². The molecule has 3 aromatic heterocycles. The highest BCUT2D eigenvalue weighted by Crippen LogP contribution is 2.27. The Balaban J connectivity index is 1.38. The quantitative estimate of drug-likeness (QED) is 0.463. The highest BCUT2D eigenvalue weighted by molar-refractivity contribution is 6.11. The summed E-state index contributed by atoms with van der Waals surface area (Å²) in [6.07, 6.45) is 9.21. The van der Waals surface area contributed by atoms with Crippen molar-refractivity contribution < 1.29 is 9.53 Å². The van der Waals surface area contributed by atoms with E-state index < -0.39 is 0 Å². The molecule has 168 valence electrons. The summed E-state index contributed by atoms with van der Waals surface area (Å²) in [6.45, 7) is 3.21. The van der Waals surface area contributed by atoms with Crippen LogP contribution < -0.4 is 10.1 Å². The number of hydrogen-bond donors (Lipinski definition) is 2. The minimum absolute atomic E-state index is 0.303. The summed E-state index contributed by atoms with van der Waals surface area (Å²) in [5.41, 5.74) is 4.93. The van der Waals surface area contributed by atoms with Gasteiger partial charge in [0.15, 0.2) is 5.69 Å². The molecule has 1 aliphatic rings. The van der Waals surface area contributed by atoms with Gasteiger partial charge in [-0.05, 0) is 61.3 Å². The van der Waals surface area contributed by atoms with Gasteiger partial charge in [-0.15, -0.1) is 0 Å². The number of benzene rings is 1. The third-order valence-corrected chi connectivity index (χ3v) is 5.96. The van der Waals surface area contributed by atoms with E-state index in [1.807, 2.05) is 30.6 Å². The number of rotatable bonds is 6. The normalized spacial score (nSPS) is 14.3. The van der Waals surface area contributed by atoms with E-state index in [9.17, 15) is 4.79 Å². The molecular formula is C25H26N6O2. The highest BCUT2D eigenvalue weighted by atomic mass is 16.5. The van der Waals surface area contributed by atoms with E-state index in [0.717, 1.165) is 41.7 Å². The maximum atomic E-state index is 12.9. The van der Waals surface area contributed by atoms with Crippen molar-refractivity contribution in [3.63, 3.8) is 0 Å². The van der Waals surface area contributed by atoms with Gasteiger partial charge < -0.3 is 10.1 Å². The SMILES string of the molecule is COc1ccc(NC(=O)c2n[nH]c3ccc(-c4cncc(CN5CCCCC5)c4)cc23)cn1. The van der Waals surface area contributed by atoms with Crippen LogP contribution >= 0.6 is 0 Å². The smallest absolute Gasteiger partial charge is 0.276 e. The molecule has 0 bridgehead atoms. The molecular weight excluding hydrogens is 416 g/mol. The zero-order valence-electron chi connectivity index (χ0n) is 18.5. The van der Waals surface area contributed by atoms with Crippen molar-refractivity contribution in [1.29, 1.82) is 0 Å². The lowest BCUT2D eigenvalue weighted by atomic mass is 10.0. The molecule has 0 atom stereocenters. The molecule has 4 aromatic rings. The van der Waals surface area contributed by atoms with Gasteiger partial charge in [-0.25, -0.2) is 4.98 Å². The number of anilines is 1. The lowest BCUT2D eigenvalue weighted by Gasteiger charge is -2.26. The number of ether oxygens (including phenoxy) is 1. The molecule has 1 saturated heterocycles. The van der Waals surface area contributed by atoms with Crippen molar-refractivity contribution in [1.82, 2.24) is 25.1 Å². The van der Waals surface area contributed by atoms with Crippen LogP contribution in [0.15, 0.2) is 55.0 Å². The summed E-state index contributed by atoms with van der Waals surface area (Å²) in [5.74, 6) is 0.182. The van der Waals surface area contributed by atoms with E-state index >= 15 is 0 Å². The van der Waals surface area contributed by atoms with E-state index in [1.54, 1.807) is 25.4 Å². The van der Waals surface area contributed by atoms with Crippen LogP contribution in [0.1, 0.15) is 35.3 Å². The molecule has 0 radical (unpaired) electrons. The predicted octanol–water partition coefficient (Wildman–Crippen LogP) is 4.27. The first-order valence-electron chi connectivity index (χ1n) is 11.2. The van der Waals surface area contributed by atoms with Crippen LogP contribution in [-0.4, -0.2) is 51.2 Å². The zero-order valence-corrected chi connectivity index (χ0v) is 18.5. The monoisotopic (exact) mass is 442 g/mol. The molecule has 0 spiro atoms. The van der Waals surface area contributed by atoms with E-state index in [2.05, 4.69) is 36.4 Å². The van der Waals surface area contributed by atoms with Crippen molar-refractivity contribution in [2.45, 2.75) is 25.8 Å². The fourth-order valence-electron chi connectivity index (χ4n) is 4.24. The minimum atomic E-state index is -0.303. The number of piperidine rings is 1. The lowest BCUT2D eigenvalue weighted by Crippen LogP contribution is -2.29. The van der Waals surface area contributed by atoms with Crippen molar-refractivity contribution in [3.05, 3.63) is 66.2 Å². The average molecular weight is 443 g/mol. The predicted molar refractivity (Wildman–Crippen MR) is 127 cm³/mol. The number of nitrogens with one attached hydrogen (secondary N) is 2. The number of aromatic amines is 1. The third-order valence-electron chi connectivity index (χ3n) is 5.96. The number of likely N-dealkylation sites (tertiary alicyclic amines) is 1. The fraction of sp³-hybridized carbons (Fsp3) is 0.280. The molecule has 1 fully saturated rings. The maximum Gasteiger partial charge on any atom is 0.276 e. The highest BCUT2D eigenvalue weighted by Gasteiger charge is 2.16. The third kappa shape index (κ3) is 4.70. The summed E-state index contributed by atoms with van der Waals surface area (Å²) >= 11 is 0. The summed E-state index contributed by atoms with van der Waals surface area (Å²) in [5, 5.41) is 10.8. The summed E-state index contributed by atoms with van der Waals surface area (Å²) < 4.78 is 5.06.